The molecule has 144 valence electrons. The minimum absolute atomic E-state index is 0.327. The lowest BCUT2D eigenvalue weighted by molar-refractivity contribution is -0.121. The second kappa shape index (κ2) is 8.01. The van der Waals surface area contributed by atoms with Crippen LogP contribution in [0.1, 0.15) is 37.9 Å². The maximum Gasteiger partial charge on any atom is 0.262 e. The van der Waals surface area contributed by atoms with Gasteiger partial charge in [-0.05, 0) is 35.4 Å². The van der Waals surface area contributed by atoms with E-state index in [0.29, 0.717) is 11.1 Å². The lowest BCUT2D eigenvalue weighted by Gasteiger charge is -2.22. The van der Waals surface area contributed by atoms with Crippen LogP contribution in [-0.2, 0) is 4.79 Å². The smallest absolute Gasteiger partial charge is 0.262 e. The third kappa shape index (κ3) is 3.84. The average Bonchev–Trinajstić information content (AvgIpc) is 2.98. The second-order valence-corrected chi connectivity index (χ2v) is 7.62. The van der Waals surface area contributed by atoms with Gasteiger partial charge in [0.05, 0.1) is 17.2 Å². The van der Waals surface area contributed by atoms with Crippen molar-refractivity contribution in [1.29, 1.82) is 0 Å². The lowest BCUT2D eigenvalue weighted by atomic mass is 9.99. The molecule has 1 heterocycles. The highest BCUT2D eigenvalue weighted by atomic mass is 79.9. The first-order valence-electron chi connectivity index (χ1n) is 9.09. The first-order valence-corrected chi connectivity index (χ1v) is 9.89. The van der Waals surface area contributed by atoms with E-state index in [9.17, 15) is 14.4 Å². The number of carbonyl (C=O) groups excluding carboxylic acids is 3. The summed E-state index contributed by atoms with van der Waals surface area (Å²) in [5, 5.41) is 2.96. The van der Waals surface area contributed by atoms with E-state index in [1.165, 1.54) is 0 Å². The minimum atomic E-state index is -0.444. The highest BCUT2D eigenvalue weighted by molar-refractivity contribution is 9.10. The first-order chi connectivity index (χ1) is 14.0. The molecule has 3 aromatic carbocycles. The van der Waals surface area contributed by atoms with Crippen LogP contribution < -0.4 is 5.32 Å². The van der Waals surface area contributed by atoms with Crippen molar-refractivity contribution in [3.8, 4) is 0 Å². The monoisotopic (exact) mass is 448 g/mol. The summed E-state index contributed by atoms with van der Waals surface area (Å²) in [5.74, 6) is -1.29. The van der Waals surface area contributed by atoms with Crippen molar-refractivity contribution in [2.75, 3.05) is 6.54 Å². The SMILES string of the molecule is O=C(CN1C(=O)c2ccccc2C1=O)N[C@H](c1ccccc1)c1ccc(Br)cc1. The summed E-state index contributed by atoms with van der Waals surface area (Å²) in [6, 6.07) is 23.4. The van der Waals surface area contributed by atoms with Crippen LogP contribution in [0.25, 0.3) is 0 Å². The predicted molar refractivity (Wildman–Crippen MR) is 112 cm³/mol. The molecule has 1 aliphatic heterocycles. The molecule has 29 heavy (non-hydrogen) atoms. The van der Waals surface area contributed by atoms with Gasteiger partial charge in [0, 0.05) is 4.47 Å². The zero-order chi connectivity index (χ0) is 20.4. The number of imide groups is 1. The number of amides is 3. The van der Waals surface area contributed by atoms with Gasteiger partial charge in [-0.15, -0.1) is 0 Å². The van der Waals surface area contributed by atoms with Crippen LogP contribution in [-0.4, -0.2) is 29.2 Å². The molecule has 4 rings (SSSR count). The van der Waals surface area contributed by atoms with E-state index in [4.69, 9.17) is 0 Å². The van der Waals surface area contributed by atoms with Gasteiger partial charge < -0.3 is 5.32 Å². The second-order valence-electron chi connectivity index (χ2n) is 6.70. The van der Waals surface area contributed by atoms with Gasteiger partial charge in [-0.2, -0.15) is 0 Å². The minimum Gasteiger partial charge on any atom is -0.344 e. The molecular formula is C23H17BrN2O3. The Bertz CT molecular complexity index is 1050. The number of benzene rings is 3. The Morgan fingerprint density at radius 1 is 0.793 bits per heavy atom. The maximum atomic E-state index is 12.8. The van der Waals surface area contributed by atoms with Crippen molar-refractivity contribution >= 4 is 33.7 Å². The molecule has 5 nitrogen and oxygen atoms in total. The largest absolute Gasteiger partial charge is 0.344 e. The van der Waals surface area contributed by atoms with Gasteiger partial charge in [0.25, 0.3) is 11.8 Å². The van der Waals surface area contributed by atoms with Crippen LogP contribution in [0.5, 0.6) is 0 Å². The van der Waals surface area contributed by atoms with Gasteiger partial charge in [-0.3, -0.25) is 19.3 Å². The molecule has 3 aromatic rings. The average molecular weight is 449 g/mol. The van der Waals surface area contributed by atoms with Gasteiger partial charge in [-0.1, -0.05) is 70.5 Å². The maximum absolute atomic E-state index is 12.8. The fourth-order valence-corrected chi connectivity index (χ4v) is 3.66. The van der Waals surface area contributed by atoms with Crippen LogP contribution in [0.4, 0.5) is 0 Å². The predicted octanol–water partition coefficient (Wildman–Crippen LogP) is 3.95. The Hall–Kier alpha value is -3.25. The molecule has 0 spiro atoms. The normalized spacial score (nSPS) is 13.9. The van der Waals surface area contributed by atoms with Crippen LogP contribution in [0.2, 0.25) is 0 Å². The van der Waals surface area contributed by atoms with E-state index < -0.39 is 23.8 Å². The third-order valence-corrected chi connectivity index (χ3v) is 5.35. The van der Waals surface area contributed by atoms with Gasteiger partial charge in [0.15, 0.2) is 0 Å². The zero-order valence-corrected chi connectivity index (χ0v) is 16.9. The molecule has 0 bridgehead atoms. The van der Waals surface area contributed by atoms with E-state index in [1.807, 2.05) is 54.6 Å². The quantitative estimate of drug-likeness (QED) is 0.600. The number of fused-ring (bicyclic) bond motifs is 1. The summed E-state index contributed by atoms with van der Waals surface area (Å²) < 4.78 is 0.936. The number of nitrogens with zero attached hydrogens (tertiary/aromatic N) is 1. The molecule has 3 amide bonds. The highest BCUT2D eigenvalue weighted by Gasteiger charge is 2.36. The summed E-state index contributed by atoms with van der Waals surface area (Å²) in [5.41, 5.74) is 2.47. The lowest BCUT2D eigenvalue weighted by Crippen LogP contribution is -2.41. The summed E-state index contributed by atoms with van der Waals surface area (Å²) in [6.45, 7) is -0.327. The summed E-state index contributed by atoms with van der Waals surface area (Å²) in [6.07, 6.45) is 0. The Balaban J connectivity index is 1.56. The van der Waals surface area contributed by atoms with Crippen LogP contribution in [0.15, 0.2) is 83.3 Å². The van der Waals surface area contributed by atoms with E-state index in [1.54, 1.807) is 24.3 Å². The molecule has 0 aliphatic carbocycles. The van der Waals surface area contributed by atoms with Crippen LogP contribution >= 0.6 is 15.9 Å². The molecule has 0 fully saturated rings. The topological polar surface area (TPSA) is 66.5 Å². The van der Waals surface area contributed by atoms with Crippen molar-refractivity contribution in [2.24, 2.45) is 0 Å². The molecule has 1 N–H and O–H groups in total. The van der Waals surface area contributed by atoms with Crippen molar-refractivity contribution < 1.29 is 14.4 Å². The van der Waals surface area contributed by atoms with Gasteiger partial charge in [-0.25, -0.2) is 0 Å². The number of rotatable bonds is 5. The molecule has 1 aliphatic rings. The number of halogens is 1. The summed E-state index contributed by atoms with van der Waals surface area (Å²) in [4.78, 5) is 38.8. The Kier molecular flexibility index (Phi) is 5.27. The van der Waals surface area contributed by atoms with Crippen LogP contribution in [0, 0.1) is 0 Å². The number of carbonyl (C=O) groups is 3. The molecule has 0 saturated heterocycles. The van der Waals surface area contributed by atoms with E-state index in [-0.39, 0.29) is 6.54 Å². The van der Waals surface area contributed by atoms with Crippen LogP contribution in [0.3, 0.4) is 0 Å². The van der Waals surface area contributed by atoms with Crippen molar-refractivity contribution in [1.82, 2.24) is 10.2 Å². The molecule has 0 unspecified atom stereocenters. The van der Waals surface area contributed by atoms with Gasteiger partial charge in [0.2, 0.25) is 5.91 Å². The van der Waals surface area contributed by atoms with Gasteiger partial charge >= 0.3 is 0 Å². The number of hydrogen-bond donors (Lipinski definition) is 1. The summed E-state index contributed by atoms with van der Waals surface area (Å²) >= 11 is 3.42. The Labute approximate surface area is 176 Å². The van der Waals surface area contributed by atoms with Gasteiger partial charge in [0.1, 0.15) is 6.54 Å². The van der Waals surface area contributed by atoms with E-state index in [0.717, 1.165) is 20.5 Å². The fourth-order valence-electron chi connectivity index (χ4n) is 3.39. The Morgan fingerprint density at radius 3 is 1.90 bits per heavy atom. The highest BCUT2D eigenvalue weighted by Crippen LogP contribution is 2.25. The molecule has 6 heteroatoms. The van der Waals surface area contributed by atoms with Crippen molar-refractivity contribution in [3.63, 3.8) is 0 Å². The van der Waals surface area contributed by atoms with E-state index in [2.05, 4.69) is 21.2 Å². The van der Waals surface area contributed by atoms with E-state index >= 15 is 0 Å². The zero-order valence-electron chi connectivity index (χ0n) is 15.3. The van der Waals surface area contributed by atoms with Crippen molar-refractivity contribution in [3.05, 3.63) is 106 Å². The molecular weight excluding hydrogens is 432 g/mol. The Morgan fingerprint density at radius 2 is 1.31 bits per heavy atom. The summed E-state index contributed by atoms with van der Waals surface area (Å²) in [7, 11) is 0. The molecule has 0 radical (unpaired) electrons. The fraction of sp³-hybridized carbons (Fsp3) is 0.0870. The third-order valence-electron chi connectivity index (χ3n) is 4.82. The molecule has 1 atom stereocenters. The van der Waals surface area contributed by atoms with Crippen molar-refractivity contribution in [2.45, 2.75) is 6.04 Å². The molecule has 0 aromatic heterocycles. The number of hydrogen-bond acceptors (Lipinski definition) is 3. The number of nitrogens with one attached hydrogen (secondary N) is 1. The molecule has 0 saturated carbocycles. The standard InChI is InChI=1S/C23H17BrN2O3/c24-17-12-10-16(11-13-17)21(15-6-2-1-3-7-15)25-20(27)14-26-22(28)18-8-4-5-9-19(18)23(26)29/h1-13,21H,14H2,(H,25,27)/t21-/m1/s1. The first kappa shape index (κ1) is 19.1.